The number of hydrogen-bond acceptors (Lipinski definition) is 2. The first-order chi connectivity index (χ1) is 11.3. The van der Waals surface area contributed by atoms with Crippen LogP contribution in [-0.4, -0.2) is 42.6 Å². The Balaban J connectivity index is 1.58. The van der Waals surface area contributed by atoms with Crippen molar-refractivity contribution in [1.82, 2.24) is 15.5 Å². The lowest BCUT2D eigenvalue weighted by Gasteiger charge is -2.35. The fourth-order valence-corrected chi connectivity index (χ4v) is 3.23. The van der Waals surface area contributed by atoms with Gasteiger partial charge in [-0.3, -0.25) is 9.89 Å². The Morgan fingerprint density at radius 2 is 2.00 bits per heavy atom. The van der Waals surface area contributed by atoms with E-state index in [2.05, 4.69) is 52.8 Å². The summed E-state index contributed by atoms with van der Waals surface area (Å²) in [4.78, 5) is 7.48. The van der Waals surface area contributed by atoms with Gasteiger partial charge < -0.3 is 10.6 Å². The maximum absolute atomic E-state index is 4.86. The highest BCUT2D eigenvalue weighted by molar-refractivity contribution is 5.80. The van der Waals surface area contributed by atoms with Crippen molar-refractivity contribution in [2.24, 2.45) is 4.99 Å². The van der Waals surface area contributed by atoms with Gasteiger partial charge in [0, 0.05) is 25.2 Å². The summed E-state index contributed by atoms with van der Waals surface area (Å²) in [5.74, 6) is 1.00. The van der Waals surface area contributed by atoms with E-state index >= 15 is 0 Å². The van der Waals surface area contributed by atoms with E-state index in [0.29, 0.717) is 12.1 Å². The quantitative estimate of drug-likeness (QED) is 0.626. The minimum absolute atomic E-state index is 0.568. The standard InChI is InChI=1S/C19H30N4/c1-2-20-19(22-17-11-12-17)21-14-18-10-6-7-13-23(18)15-16-8-4-3-5-9-16/h3-5,8-9,17-18H,2,6-7,10-15H2,1H3,(H2,20,21,22). The molecule has 2 fully saturated rings. The number of rotatable bonds is 6. The van der Waals surface area contributed by atoms with E-state index in [1.54, 1.807) is 0 Å². The molecule has 2 aliphatic rings. The molecule has 0 bridgehead atoms. The SMILES string of the molecule is CCNC(=NCC1CCCCN1Cc1ccccc1)NC1CC1. The number of hydrogen-bond donors (Lipinski definition) is 2. The van der Waals surface area contributed by atoms with E-state index in [0.717, 1.165) is 25.6 Å². The lowest BCUT2D eigenvalue weighted by Crippen LogP contribution is -2.43. The van der Waals surface area contributed by atoms with E-state index in [4.69, 9.17) is 4.99 Å². The van der Waals surface area contributed by atoms with Gasteiger partial charge in [-0.25, -0.2) is 0 Å². The molecular formula is C19H30N4. The molecule has 0 aromatic heterocycles. The van der Waals surface area contributed by atoms with Gasteiger partial charge in [0.25, 0.3) is 0 Å². The Morgan fingerprint density at radius 1 is 1.17 bits per heavy atom. The van der Waals surface area contributed by atoms with Crippen molar-refractivity contribution in [2.45, 2.75) is 57.7 Å². The van der Waals surface area contributed by atoms with Gasteiger partial charge in [0.2, 0.25) is 0 Å². The monoisotopic (exact) mass is 314 g/mol. The van der Waals surface area contributed by atoms with Gasteiger partial charge in [-0.05, 0) is 44.7 Å². The third-order valence-electron chi connectivity index (χ3n) is 4.70. The lowest BCUT2D eigenvalue weighted by atomic mass is 10.0. The predicted octanol–water partition coefficient (Wildman–Crippen LogP) is 2.76. The van der Waals surface area contributed by atoms with Crippen LogP contribution in [0.1, 0.15) is 44.6 Å². The molecule has 1 unspecified atom stereocenters. The van der Waals surface area contributed by atoms with Gasteiger partial charge in [-0.2, -0.15) is 0 Å². The lowest BCUT2D eigenvalue weighted by molar-refractivity contribution is 0.145. The number of nitrogens with one attached hydrogen (secondary N) is 2. The third kappa shape index (κ3) is 5.24. The molecular weight excluding hydrogens is 284 g/mol. The van der Waals surface area contributed by atoms with E-state index in [1.165, 1.54) is 44.2 Å². The van der Waals surface area contributed by atoms with Gasteiger partial charge in [0.05, 0.1) is 6.54 Å². The number of piperidine rings is 1. The topological polar surface area (TPSA) is 39.7 Å². The normalized spacial score (nSPS) is 22.8. The van der Waals surface area contributed by atoms with Crippen LogP contribution >= 0.6 is 0 Å². The van der Waals surface area contributed by atoms with Crippen LogP contribution in [0.25, 0.3) is 0 Å². The Morgan fingerprint density at radius 3 is 2.74 bits per heavy atom. The van der Waals surface area contributed by atoms with Crippen LogP contribution in [0.2, 0.25) is 0 Å². The third-order valence-corrected chi connectivity index (χ3v) is 4.70. The smallest absolute Gasteiger partial charge is 0.191 e. The highest BCUT2D eigenvalue weighted by Gasteiger charge is 2.24. The molecule has 3 rings (SSSR count). The summed E-state index contributed by atoms with van der Waals surface area (Å²) in [6.45, 7) is 6.20. The zero-order chi connectivity index (χ0) is 15.9. The molecule has 4 heteroatoms. The summed E-state index contributed by atoms with van der Waals surface area (Å²) < 4.78 is 0. The van der Waals surface area contributed by atoms with Crippen LogP contribution in [-0.2, 0) is 6.54 Å². The van der Waals surface area contributed by atoms with Crippen molar-refractivity contribution >= 4 is 5.96 Å². The van der Waals surface area contributed by atoms with Crippen LogP contribution in [0.5, 0.6) is 0 Å². The molecule has 4 nitrogen and oxygen atoms in total. The first-order valence-electron chi connectivity index (χ1n) is 9.18. The average molecular weight is 314 g/mol. The predicted molar refractivity (Wildman–Crippen MR) is 96.6 cm³/mol. The van der Waals surface area contributed by atoms with Crippen molar-refractivity contribution in [1.29, 1.82) is 0 Å². The first kappa shape index (κ1) is 16.3. The van der Waals surface area contributed by atoms with Crippen LogP contribution in [0.3, 0.4) is 0 Å². The van der Waals surface area contributed by atoms with E-state index in [1.807, 2.05) is 0 Å². The van der Waals surface area contributed by atoms with Crippen molar-refractivity contribution in [3.63, 3.8) is 0 Å². The van der Waals surface area contributed by atoms with Crippen molar-refractivity contribution < 1.29 is 0 Å². The summed E-state index contributed by atoms with van der Waals surface area (Å²) in [5.41, 5.74) is 1.41. The molecule has 126 valence electrons. The molecule has 1 aliphatic heterocycles. The molecule has 23 heavy (non-hydrogen) atoms. The molecule has 1 aromatic carbocycles. The Kier molecular flexibility index (Phi) is 5.92. The Labute approximate surface area is 140 Å². The van der Waals surface area contributed by atoms with E-state index in [-0.39, 0.29) is 0 Å². The maximum Gasteiger partial charge on any atom is 0.191 e. The molecule has 0 amide bonds. The zero-order valence-electron chi connectivity index (χ0n) is 14.3. The molecule has 1 saturated carbocycles. The minimum Gasteiger partial charge on any atom is -0.357 e. The summed E-state index contributed by atoms with van der Waals surface area (Å²) in [5, 5.41) is 6.89. The maximum atomic E-state index is 4.86. The zero-order valence-corrected chi connectivity index (χ0v) is 14.3. The van der Waals surface area contributed by atoms with E-state index < -0.39 is 0 Å². The average Bonchev–Trinajstić information content (AvgIpc) is 3.39. The van der Waals surface area contributed by atoms with Crippen LogP contribution in [0.15, 0.2) is 35.3 Å². The number of likely N-dealkylation sites (tertiary alicyclic amines) is 1. The van der Waals surface area contributed by atoms with Gasteiger partial charge in [-0.1, -0.05) is 36.8 Å². The summed E-state index contributed by atoms with van der Waals surface area (Å²) in [6.07, 6.45) is 6.48. The van der Waals surface area contributed by atoms with Gasteiger partial charge in [0.1, 0.15) is 0 Å². The summed E-state index contributed by atoms with van der Waals surface area (Å²) in [6, 6.07) is 12.0. The molecule has 0 radical (unpaired) electrons. The Bertz CT molecular complexity index is 495. The second kappa shape index (κ2) is 8.34. The second-order valence-electron chi connectivity index (χ2n) is 6.74. The molecule has 0 spiro atoms. The number of guanidine groups is 1. The number of aliphatic imine (C=N–C) groups is 1. The van der Waals surface area contributed by atoms with Crippen molar-refractivity contribution in [2.75, 3.05) is 19.6 Å². The minimum atomic E-state index is 0.568. The highest BCUT2D eigenvalue weighted by Crippen LogP contribution is 2.21. The van der Waals surface area contributed by atoms with Gasteiger partial charge >= 0.3 is 0 Å². The molecule has 1 heterocycles. The van der Waals surface area contributed by atoms with Gasteiger partial charge in [0.15, 0.2) is 5.96 Å². The number of nitrogens with zero attached hydrogens (tertiary/aromatic N) is 2. The fraction of sp³-hybridized carbons (Fsp3) is 0.632. The first-order valence-corrected chi connectivity index (χ1v) is 9.18. The molecule has 1 atom stereocenters. The van der Waals surface area contributed by atoms with Crippen molar-refractivity contribution in [3.05, 3.63) is 35.9 Å². The Hall–Kier alpha value is -1.55. The number of benzene rings is 1. The van der Waals surface area contributed by atoms with E-state index in [9.17, 15) is 0 Å². The summed E-state index contributed by atoms with van der Waals surface area (Å²) in [7, 11) is 0. The summed E-state index contributed by atoms with van der Waals surface area (Å²) >= 11 is 0. The highest BCUT2D eigenvalue weighted by atomic mass is 15.2. The molecule has 1 aliphatic carbocycles. The van der Waals surface area contributed by atoms with Crippen LogP contribution in [0.4, 0.5) is 0 Å². The molecule has 2 N–H and O–H groups in total. The van der Waals surface area contributed by atoms with Gasteiger partial charge in [-0.15, -0.1) is 0 Å². The molecule has 1 aromatic rings. The molecule has 1 saturated heterocycles. The fourth-order valence-electron chi connectivity index (χ4n) is 3.23. The van der Waals surface area contributed by atoms with Crippen LogP contribution in [0, 0.1) is 0 Å². The largest absolute Gasteiger partial charge is 0.357 e. The second-order valence-corrected chi connectivity index (χ2v) is 6.74. The van der Waals surface area contributed by atoms with Crippen LogP contribution < -0.4 is 10.6 Å². The van der Waals surface area contributed by atoms with Crippen molar-refractivity contribution in [3.8, 4) is 0 Å².